The molecule has 2 amide bonds. The molecular formula is C21H25F3N4O. The van der Waals surface area contributed by atoms with Crippen molar-refractivity contribution in [3.63, 3.8) is 0 Å². The van der Waals surface area contributed by atoms with Crippen molar-refractivity contribution in [2.24, 2.45) is 0 Å². The Kier molecular flexibility index (Phi) is 6.74. The van der Waals surface area contributed by atoms with Gasteiger partial charge in [0, 0.05) is 44.0 Å². The lowest BCUT2D eigenvalue weighted by molar-refractivity contribution is -0.136. The summed E-state index contributed by atoms with van der Waals surface area (Å²) in [5.41, 5.74) is -0.0430. The minimum absolute atomic E-state index is 0.163. The normalized spacial score (nSPS) is 17.4. The highest BCUT2D eigenvalue weighted by atomic mass is 19.4. The number of nitrogens with zero attached hydrogens (tertiary/aromatic N) is 3. The van der Waals surface area contributed by atoms with Gasteiger partial charge in [-0.15, -0.1) is 0 Å². The molecule has 1 aromatic carbocycles. The van der Waals surface area contributed by atoms with Crippen LogP contribution in [-0.4, -0.2) is 53.5 Å². The van der Waals surface area contributed by atoms with Crippen molar-refractivity contribution in [2.75, 3.05) is 32.0 Å². The number of para-hydroxylation sites is 1. The van der Waals surface area contributed by atoms with E-state index in [-0.39, 0.29) is 11.7 Å². The summed E-state index contributed by atoms with van der Waals surface area (Å²) in [4.78, 5) is 20.7. The molecule has 1 N–H and O–H groups in total. The van der Waals surface area contributed by atoms with Crippen LogP contribution in [0.4, 0.5) is 23.7 Å². The molecule has 0 saturated carbocycles. The molecule has 0 radical (unpaired) electrons. The Morgan fingerprint density at radius 2 is 2.00 bits per heavy atom. The molecule has 156 valence electrons. The second-order valence-corrected chi connectivity index (χ2v) is 7.27. The molecule has 1 atom stereocenters. The smallest absolute Gasteiger partial charge is 0.323 e. The zero-order valence-corrected chi connectivity index (χ0v) is 16.3. The summed E-state index contributed by atoms with van der Waals surface area (Å²) in [6, 6.07) is 10.5. The molecule has 1 fully saturated rings. The number of urea groups is 1. The van der Waals surface area contributed by atoms with Crippen LogP contribution in [0.5, 0.6) is 0 Å². The minimum Gasteiger partial charge on any atom is -0.323 e. The van der Waals surface area contributed by atoms with Gasteiger partial charge in [0.25, 0.3) is 0 Å². The lowest BCUT2D eigenvalue weighted by Crippen LogP contribution is -2.50. The van der Waals surface area contributed by atoms with E-state index in [0.29, 0.717) is 13.1 Å². The van der Waals surface area contributed by atoms with Crippen LogP contribution in [0.15, 0.2) is 48.7 Å². The molecule has 5 nitrogen and oxygen atoms in total. The number of alkyl halides is 3. The first-order valence-electron chi connectivity index (χ1n) is 9.67. The van der Waals surface area contributed by atoms with Gasteiger partial charge in [0.15, 0.2) is 0 Å². The highest BCUT2D eigenvalue weighted by Gasteiger charge is 2.34. The Morgan fingerprint density at radius 3 is 2.72 bits per heavy atom. The highest BCUT2D eigenvalue weighted by molar-refractivity contribution is 5.90. The average Bonchev–Trinajstić information content (AvgIpc) is 2.72. The third kappa shape index (κ3) is 5.69. The average molecular weight is 406 g/mol. The number of carbonyl (C=O) groups is 1. The highest BCUT2D eigenvalue weighted by Crippen LogP contribution is 2.34. The molecule has 2 heterocycles. The first-order chi connectivity index (χ1) is 13.8. The number of halogens is 3. The molecule has 1 aliphatic heterocycles. The van der Waals surface area contributed by atoms with Gasteiger partial charge in [0.05, 0.1) is 11.3 Å². The number of rotatable bonds is 5. The van der Waals surface area contributed by atoms with Gasteiger partial charge >= 0.3 is 12.2 Å². The van der Waals surface area contributed by atoms with Crippen molar-refractivity contribution in [1.29, 1.82) is 0 Å². The van der Waals surface area contributed by atoms with E-state index in [1.165, 1.54) is 18.2 Å². The molecule has 2 aromatic rings. The molecule has 3 rings (SSSR count). The SMILES string of the molecule is CN(CCc1ccccn1)[C@H]1CCCN(C(=O)Nc2ccccc2C(F)(F)F)C1. The number of aromatic nitrogens is 1. The number of piperidine rings is 1. The van der Waals surface area contributed by atoms with Crippen LogP contribution in [0.1, 0.15) is 24.1 Å². The van der Waals surface area contributed by atoms with Crippen LogP contribution < -0.4 is 5.32 Å². The van der Waals surface area contributed by atoms with Gasteiger partial charge < -0.3 is 15.1 Å². The molecule has 1 saturated heterocycles. The predicted molar refractivity (Wildman–Crippen MR) is 106 cm³/mol. The Morgan fingerprint density at radius 1 is 1.24 bits per heavy atom. The van der Waals surface area contributed by atoms with Gasteiger partial charge in [-0.25, -0.2) is 4.79 Å². The first-order valence-corrected chi connectivity index (χ1v) is 9.67. The second-order valence-electron chi connectivity index (χ2n) is 7.27. The number of nitrogens with one attached hydrogen (secondary N) is 1. The van der Waals surface area contributed by atoms with Gasteiger partial charge in [-0.3, -0.25) is 4.98 Å². The maximum Gasteiger partial charge on any atom is 0.418 e. The zero-order chi connectivity index (χ0) is 20.9. The molecule has 1 aromatic heterocycles. The van der Waals surface area contributed by atoms with Crippen LogP contribution >= 0.6 is 0 Å². The first kappa shape index (κ1) is 21.1. The fraction of sp³-hybridized carbons (Fsp3) is 0.429. The fourth-order valence-electron chi connectivity index (χ4n) is 3.55. The molecule has 8 heteroatoms. The summed E-state index contributed by atoms with van der Waals surface area (Å²) in [5.74, 6) is 0. The van der Waals surface area contributed by atoms with Crippen molar-refractivity contribution in [3.05, 3.63) is 59.9 Å². The van der Waals surface area contributed by atoms with Crippen LogP contribution in [0, 0.1) is 0 Å². The summed E-state index contributed by atoms with van der Waals surface area (Å²) >= 11 is 0. The van der Waals surface area contributed by atoms with E-state index in [4.69, 9.17) is 0 Å². The summed E-state index contributed by atoms with van der Waals surface area (Å²) in [5, 5.41) is 2.44. The number of hydrogen-bond donors (Lipinski definition) is 1. The summed E-state index contributed by atoms with van der Waals surface area (Å²) < 4.78 is 39.5. The Labute approximate surface area is 168 Å². The van der Waals surface area contributed by atoms with E-state index in [1.807, 2.05) is 25.2 Å². The minimum atomic E-state index is -4.51. The zero-order valence-electron chi connectivity index (χ0n) is 16.3. The van der Waals surface area contributed by atoms with E-state index < -0.39 is 17.8 Å². The van der Waals surface area contributed by atoms with Gasteiger partial charge in [-0.2, -0.15) is 13.2 Å². The number of pyridine rings is 1. The Bertz CT molecular complexity index is 813. The quantitative estimate of drug-likeness (QED) is 0.807. The summed E-state index contributed by atoms with van der Waals surface area (Å²) in [6.07, 6.45) is -0.186. The lowest BCUT2D eigenvalue weighted by Gasteiger charge is -2.37. The van der Waals surface area contributed by atoms with Gasteiger partial charge in [0.2, 0.25) is 0 Å². The summed E-state index contributed by atoms with van der Waals surface area (Å²) in [6.45, 7) is 1.82. The predicted octanol–water partition coefficient (Wildman–Crippen LogP) is 4.27. The number of benzene rings is 1. The molecule has 1 aliphatic rings. The van der Waals surface area contributed by atoms with Crippen molar-refractivity contribution >= 4 is 11.7 Å². The fourth-order valence-corrected chi connectivity index (χ4v) is 3.55. The standard InChI is InChI=1S/C21H25F3N4O/c1-27(14-11-16-7-4-5-12-25-16)17-8-6-13-28(15-17)20(29)26-19-10-3-2-9-18(19)21(22,23)24/h2-5,7,9-10,12,17H,6,8,11,13-15H2,1H3,(H,26,29)/t17-/m0/s1. The van der Waals surface area contributed by atoms with E-state index in [2.05, 4.69) is 15.2 Å². The monoisotopic (exact) mass is 406 g/mol. The maximum atomic E-state index is 13.2. The number of anilines is 1. The Balaban J connectivity index is 1.58. The Hall–Kier alpha value is -2.61. The topological polar surface area (TPSA) is 48.5 Å². The van der Waals surface area contributed by atoms with Gasteiger partial charge in [0.1, 0.15) is 0 Å². The number of carbonyl (C=O) groups excluding carboxylic acids is 1. The van der Waals surface area contributed by atoms with E-state index in [1.54, 1.807) is 11.1 Å². The van der Waals surface area contributed by atoms with E-state index in [0.717, 1.165) is 37.6 Å². The second kappa shape index (κ2) is 9.26. The van der Waals surface area contributed by atoms with Crippen molar-refractivity contribution in [2.45, 2.75) is 31.5 Å². The number of likely N-dealkylation sites (N-methyl/N-ethyl adjacent to an activating group) is 1. The van der Waals surface area contributed by atoms with E-state index in [9.17, 15) is 18.0 Å². The number of likely N-dealkylation sites (tertiary alicyclic amines) is 1. The van der Waals surface area contributed by atoms with Gasteiger partial charge in [-0.05, 0) is 44.2 Å². The van der Waals surface area contributed by atoms with Crippen molar-refractivity contribution in [3.8, 4) is 0 Å². The van der Waals surface area contributed by atoms with E-state index >= 15 is 0 Å². The third-order valence-corrected chi connectivity index (χ3v) is 5.23. The molecule has 0 spiro atoms. The van der Waals surface area contributed by atoms with Crippen LogP contribution in [0.25, 0.3) is 0 Å². The van der Waals surface area contributed by atoms with Crippen LogP contribution in [0.3, 0.4) is 0 Å². The van der Waals surface area contributed by atoms with Crippen molar-refractivity contribution in [1.82, 2.24) is 14.8 Å². The van der Waals surface area contributed by atoms with Crippen LogP contribution in [-0.2, 0) is 12.6 Å². The van der Waals surface area contributed by atoms with Gasteiger partial charge in [-0.1, -0.05) is 18.2 Å². The molecule has 0 unspecified atom stereocenters. The molecule has 29 heavy (non-hydrogen) atoms. The van der Waals surface area contributed by atoms with Crippen molar-refractivity contribution < 1.29 is 18.0 Å². The number of hydrogen-bond acceptors (Lipinski definition) is 3. The molecule has 0 bridgehead atoms. The molecule has 0 aliphatic carbocycles. The maximum absolute atomic E-state index is 13.2. The summed E-state index contributed by atoms with van der Waals surface area (Å²) in [7, 11) is 2.01. The largest absolute Gasteiger partial charge is 0.418 e. The van der Waals surface area contributed by atoms with Crippen LogP contribution in [0.2, 0.25) is 0 Å². The lowest BCUT2D eigenvalue weighted by atomic mass is 10.0. The number of amides is 2. The third-order valence-electron chi connectivity index (χ3n) is 5.23. The molecular weight excluding hydrogens is 381 g/mol.